The van der Waals surface area contributed by atoms with Crippen molar-refractivity contribution in [2.75, 3.05) is 6.61 Å². The Balaban J connectivity index is 4.30. The van der Waals surface area contributed by atoms with Gasteiger partial charge in [-0.2, -0.15) is 0 Å². The second kappa shape index (κ2) is 4.21. The molecule has 0 aliphatic carbocycles. The quantitative estimate of drug-likeness (QED) is 0.550. The monoisotopic (exact) mass is 200 g/mol. The van der Waals surface area contributed by atoms with E-state index in [9.17, 15) is 9.36 Å². The van der Waals surface area contributed by atoms with E-state index in [1.165, 1.54) is 6.92 Å². The highest BCUT2D eigenvalue weighted by Crippen LogP contribution is 2.47. The first-order valence-corrected chi connectivity index (χ1v) is 5.10. The summed E-state index contributed by atoms with van der Waals surface area (Å²) in [5, 5.41) is -0.857. The van der Waals surface area contributed by atoms with E-state index in [4.69, 9.17) is 16.5 Å². The van der Waals surface area contributed by atoms with E-state index in [0.29, 0.717) is 0 Å². The van der Waals surface area contributed by atoms with Crippen LogP contribution in [0.3, 0.4) is 0 Å². The van der Waals surface area contributed by atoms with Crippen LogP contribution in [0.25, 0.3) is 0 Å². The molecule has 2 atom stereocenters. The van der Waals surface area contributed by atoms with Gasteiger partial charge in [-0.3, -0.25) is 9.36 Å². The van der Waals surface area contributed by atoms with Crippen LogP contribution in [0, 0.1) is 0 Å². The van der Waals surface area contributed by atoms with Crippen molar-refractivity contribution in [3.63, 3.8) is 0 Å². The van der Waals surface area contributed by atoms with Crippen LogP contribution < -0.4 is 0 Å². The first-order valence-electron chi connectivity index (χ1n) is 3.08. The largest absolute Gasteiger partial charge is 0.339 e. The van der Waals surface area contributed by atoms with Crippen molar-refractivity contribution in [1.82, 2.24) is 0 Å². The maximum absolute atomic E-state index is 11.0. The lowest BCUT2D eigenvalue weighted by Gasteiger charge is -2.13. The molecule has 0 aromatic carbocycles. The van der Waals surface area contributed by atoms with E-state index < -0.39 is 18.5 Å². The lowest BCUT2D eigenvalue weighted by molar-refractivity contribution is -0.111. The molecule has 0 saturated heterocycles. The van der Waals surface area contributed by atoms with Crippen molar-refractivity contribution in [1.29, 1.82) is 0 Å². The Bertz CT molecular complexity index is 193. The van der Waals surface area contributed by atoms with E-state index in [1.807, 2.05) is 0 Å². The van der Waals surface area contributed by atoms with Crippen LogP contribution in [0.4, 0.5) is 0 Å². The fraction of sp³-hybridized carbons (Fsp3) is 0.800. The smallest absolute Gasteiger partial charge is 0.324 e. The molecule has 0 heterocycles. The first kappa shape index (κ1) is 11.1. The van der Waals surface area contributed by atoms with Gasteiger partial charge in [-0.05, 0) is 25.4 Å². The van der Waals surface area contributed by atoms with Crippen LogP contribution in [-0.4, -0.2) is 22.4 Å². The van der Waals surface area contributed by atoms with E-state index in [2.05, 4.69) is 4.52 Å². The second-order valence-corrected chi connectivity index (χ2v) is 4.50. The molecule has 0 aliphatic heterocycles. The predicted octanol–water partition coefficient (Wildman–Crippen LogP) is 1.36. The van der Waals surface area contributed by atoms with Gasteiger partial charge in [0.25, 0.3) is 0 Å². The summed E-state index contributed by atoms with van der Waals surface area (Å²) in [7, 11) is -3.82. The highest BCUT2D eigenvalue weighted by Gasteiger charge is 2.32. The van der Waals surface area contributed by atoms with Gasteiger partial charge in [0.1, 0.15) is 5.66 Å². The van der Waals surface area contributed by atoms with Gasteiger partial charge in [-0.15, -0.1) is 0 Å². The predicted molar refractivity (Wildman–Crippen MR) is 41.8 cm³/mol. The maximum Gasteiger partial charge on any atom is 0.339 e. The van der Waals surface area contributed by atoms with E-state index in [0.717, 1.165) is 0 Å². The van der Waals surface area contributed by atoms with Crippen molar-refractivity contribution in [2.24, 2.45) is 0 Å². The number of carbonyl (C=O) groups excluding carboxylic acids is 1. The molecular weight excluding hydrogens is 190 g/mol. The zero-order valence-electron chi connectivity index (χ0n) is 6.28. The number of carbonyl (C=O) groups is 1. The summed E-state index contributed by atoms with van der Waals surface area (Å²) in [6, 6.07) is 0. The second-order valence-electron chi connectivity index (χ2n) is 1.96. The summed E-state index contributed by atoms with van der Waals surface area (Å²) in [6.07, 6.45) is 0. The highest BCUT2D eigenvalue weighted by atomic mass is 35.5. The van der Waals surface area contributed by atoms with Gasteiger partial charge in [0.2, 0.25) is 5.24 Å². The van der Waals surface area contributed by atoms with Gasteiger partial charge in [0, 0.05) is 0 Å². The number of halogens is 1. The van der Waals surface area contributed by atoms with Gasteiger partial charge in [0.15, 0.2) is 0 Å². The lowest BCUT2D eigenvalue weighted by atomic mass is 10.5. The Morgan fingerprint density at radius 3 is 2.55 bits per heavy atom. The Morgan fingerprint density at radius 2 is 2.27 bits per heavy atom. The van der Waals surface area contributed by atoms with Crippen LogP contribution in [0.5, 0.6) is 0 Å². The van der Waals surface area contributed by atoms with E-state index in [-0.39, 0.29) is 6.61 Å². The third kappa shape index (κ3) is 3.34. The molecule has 0 aromatic rings. The van der Waals surface area contributed by atoms with Gasteiger partial charge < -0.3 is 9.42 Å². The third-order valence-electron chi connectivity index (χ3n) is 1.13. The van der Waals surface area contributed by atoms with Crippen LogP contribution in [0.1, 0.15) is 13.8 Å². The molecule has 0 rings (SSSR count). The Kier molecular flexibility index (Phi) is 4.26. The average Bonchev–Trinajstić information content (AvgIpc) is 1.86. The maximum atomic E-state index is 11.0. The summed E-state index contributed by atoms with van der Waals surface area (Å²) in [4.78, 5) is 19.4. The normalized spacial score (nSPS) is 18.9. The molecule has 6 heteroatoms. The van der Waals surface area contributed by atoms with Crippen LogP contribution in [-0.2, 0) is 13.9 Å². The van der Waals surface area contributed by atoms with Crippen molar-refractivity contribution in [2.45, 2.75) is 19.5 Å². The minimum Gasteiger partial charge on any atom is -0.324 e. The summed E-state index contributed by atoms with van der Waals surface area (Å²) < 4.78 is 15.4. The van der Waals surface area contributed by atoms with Gasteiger partial charge in [-0.25, -0.2) is 0 Å². The van der Waals surface area contributed by atoms with Crippen molar-refractivity contribution in [3.05, 3.63) is 0 Å². The van der Waals surface area contributed by atoms with Crippen molar-refractivity contribution in [3.8, 4) is 0 Å². The molecule has 66 valence electrons. The summed E-state index contributed by atoms with van der Waals surface area (Å²) in [5.74, 6) is 0. The van der Waals surface area contributed by atoms with Gasteiger partial charge in [-0.1, -0.05) is 0 Å². The molecule has 0 bridgehead atoms. The molecule has 0 radical (unpaired) electrons. The molecule has 0 spiro atoms. The van der Waals surface area contributed by atoms with Crippen LogP contribution in [0.2, 0.25) is 0 Å². The van der Waals surface area contributed by atoms with Crippen LogP contribution >= 0.6 is 19.2 Å². The summed E-state index contributed by atoms with van der Waals surface area (Å²) in [5.41, 5.74) is -1.15. The Labute approximate surface area is 70.0 Å². The fourth-order valence-electron chi connectivity index (χ4n) is 0.425. The molecule has 4 nitrogen and oxygen atoms in total. The molecule has 0 amide bonds. The molecule has 0 fully saturated rings. The third-order valence-corrected chi connectivity index (χ3v) is 3.45. The Hall–Kier alpha value is 0.110. The zero-order valence-corrected chi connectivity index (χ0v) is 7.93. The minimum absolute atomic E-state index is 0.0856. The number of rotatable bonds is 4. The average molecular weight is 201 g/mol. The lowest BCUT2D eigenvalue weighted by Crippen LogP contribution is -2.13. The van der Waals surface area contributed by atoms with Gasteiger partial charge in [0.05, 0.1) is 6.61 Å². The molecule has 0 aromatic heterocycles. The van der Waals surface area contributed by atoms with Crippen molar-refractivity contribution >= 4 is 24.4 Å². The standard InChI is InChI=1S/C5H10ClO4P/c1-3-10-11(8,9)4(2)5(6)7/h4H,3H2,1-2H3,(H,8,9). The van der Waals surface area contributed by atoms with Crippen LogP contribution in [0.15, 0.2) is 0 Å². The number of hydrogen-bond acceptors (Lipinski definition) is 3. The van der Waals surface area contributed by atoms with Gasteiger partial charge >= 0.3 is 7.60 Å². The Morgan fingerprint density at radius 1 is 1.82 bits per heavy atom. The zero-order chi connectivity index (χ0) is 9.07. The molecule has 2 unspecified atom stereocenters. The summed E-state index contributed by atoms with van der Waals surface area (Å²) in [6.45, 7) is 2.91. The van der Waals surface area contributed by atoms with E-state index >= 15 is 0 Å². The number of hydrogen-bond donors (Lipinski definition) is 1. The molecule has 0 aliphatic rings. The fourth-order valence-corrected chi connectivity index (χ4v) is 1.65. The minimum atomic E-state index is -3.82. The highest BCUT2D eigenvalue weighted by molar-refractivity contribution is 7.55. The van der Waals surface area contributed by atoms with Crippen molar-refractivity contribution < 1.29 is 18.8 Å². The molecule has 11 heavy (non-hydrogen) atoms. The topological polar surface area (TPSA) is 63.6 Å². The molecular formula is C5H10ClO4P. The first-order chi connectivity index (χ1) is 4.91. The van der Waals surface area contributed by atoms with E-state index in [1.54, 1.807) is 6.92 Å². The SMILES string of the molecule is CCOP(=O)(O)C(C)C(=O)Cl. The molecule has 1 N–H and O–H groups in total. The summed E-state index contributed by atoms with van der Waals surface area (Å²) >= 11 is 5.00. The molecule has 0 saturated carbocycles.